The molecule has 0 saturated heterocycles. The van der Waals surface area contributed by atoms with Gasteiger partial charge in [0, 0.05) is 18.5 Å². The highest BCUT2D eigenvalue weighted by atomic mass is 16.6. The Hall–Kier alpha value is -2.02. The standard InChI is InChI=1S/C14H16N2O2/c15-11-14(9-5-2-6-10-14)18-13(17)16-12-7-3-1-4-8-12/h1,3-4,7-8H,2,5-6,9-10H2,(H,16,17). The van der Waals surface area contributed by atoms with Crippen LogP contribution in [0.25, 0.3) is 0 Å². The number of carbonyl (C=O) groups is 1. The molecule has 2 rings (SSSR count). The van der Waals surface area contributed by atoms with E-state index in [0.29, 0.717) is 18.5 Å². The maximum Gasteiger partial charge on any atom is 0.413 e. The summed E-state index contributed by atoms with van der Waals surface area (Å²) in [5.74, 6) is 0. The summed E-state index contributed by atoms with van der Waals surface area (Å²) in [6.45, 7) is 0. The van der Waals surface area contributed by atoms with E-state index in [9.17, 15) is 10.1 Å². The molecule has 1 saturated carbocycles. The second kappa shape index (κ2) is 5.54. The van der Waals surface area contributed by atoms with Crippen molar-refractivity contribution in [2.75, 3.05) is 5.32 Å². The van der Waals surface area contributed by atoms with E-state index in [1.807, 2.05) is 18.2 Å². The summed E-state index contributed by atoms with van der Waals surface area (Å²) in [5, 5.41) is 11.8. The number of amides is 1. The summed E-state index contributed by atoms with van der Waals surface area (Å²) in [4.78, 5) is 11.8. The summed E-state index contributed by atoms with van der Waals surface area (Å²) in [5.41, 5.74) is -0.261. The largest absolute Gasteiger partial charge is 0.427 e. The quantitative estimate of drug-likeness (QED) is 0.866. The average molecular weight is 244 g/mol. The normalized spacial score (nSPS) is 17.5. The van der Waals surface area contributed by atoms with Gasteiger partial charge < -0.3 is 4.74 Å². The molecule has 94 valence electrons. The lowest BCUT2D eigenvalue weighted by atomic mass is 9.86. The van der Waals surface area contributed by atoms with E-state index in [-0.39, 0.29) is 0 Å². The maximum absolute atomic E-state index is 11.8. The zero-order chi connectivity index (χ0) is 12.8. The van der Waals surface area contributed by atoms with E-state index in [1.165, 1.54) is 0 Å². The first kappa shape index (κ1) is 12.4. The topological polar surface area (TPSA) is 62.1 Å². The molecule has 0 bridgehead atoms. The fourth-order valence-corrected chi connectivity index (χ4v) is 2.20. The van der Waals surface area contributed by atoms with Crippen LogP contribution in [0.4, 0.5) is 10.5 Å². The molecule has 0 aliphatic heterocycles. The molecule has 1 aromatic rings. The fourth-order valence-electron chi connectivity index (χ4n) is 2.20. The van der Waals surface area contributed by atoms with E-state index >= 15 is 0 Å². The Morgan fingerprint density at radius 3 is 2.50 bits per heavy atom. The third-order valence-electron chi connectivity index (χ3n) is 3.17. The summed E-state index contributed by atoms with van der Waals surface area (Å²) >= 11 is 0. The van der Waals surface area contributed by atoms with E-state index in [2.05, 4.69) is 11.4 Å². The Bertz CT molecular complexity index is 445. The molecule has 4 nitrogen and oxygen atoms in total. The van der Waals surface area contributed by atoms with Crippen molar-refractivity contribution < 1.29 is 9.53 Å². The van der Waals surface area contributed by atoms with Crippen LogP contribution in [0.5, 0.6) is 0 Å². The molecule has 1 amide bonds. The van der Waals surface area contributed by atoms with E-state index < -0.39 is 11.7 Å². The highest BCUT2D eigenvalue weighted by molar-refractivity contribution is 5.84. The van der Waals surface area contributed by atoms with Crippen molar-refractivity contribution in [2.45, 2.75) is 37.7 Å². The highest BCUT2D eigenvalue weighted by Gasteiger charge is 2.36. The predicted molar refractivity (Wildman–Crippen MR) is 68.0 cm³/mol. The Balaban J connectivity index is 1.96. The number of hydrogen-bond acceptors (Lipinski definition) is 3. The minimum absolute atomic E-state index is 0.551. The lowest BCUT2D eigenvalue weighted by Crippen LogP contribution is -2.37. The molecule has 1 N–H and O–H groups in total. The Labute approximate surface area is 107 Å². The molecule has 1 aromatic carbocycles. The third kappa shape index (κ3) is 3.01. The third-order valence-corrected chi connectivity index (χ3v) is 3.17. The number of para-hydroxylation sites is 1. The van der Waals surface area contributed by atoms with E-state index in [4.69, 9.17) is 4.74 Å². The lowest BCUT2D eigenvalue weighted by Gasteiger charge is -2.30. The first-order valence-electron chi connectivity index (χ1n) is 6.20. The van der Waals surface area contributed by atoms with Gasteiger partial charge in [-0.2, -0.15) is 5.26 Å². The number of hydrogen-bond donors (Lipinski definition) is 1. The molecular formula is C14H16N2O2. The van der Waals surface area contributed by atoms with Crippen molar-refractivity contribution in [1.82, 2.24) is 0 Å². The number of anilines is 1. The Kier molecular flexibility index (Phi) is 3.83. The molecule has 0 unspecified atom stereocenters. The fraction of sp³-hybridized carbons (Fsp3) is 0.429. The van der Waals surface area contributed by atoms with Crippen molar-refractivity contribution in [3.05, 3.63) is 30.3 Å². The highest BCUT2D eigenvalue weighted by Crippen LogP contribution is 2.31. The van der Waals surface area contributed by atoms with Gasteiger partial charge in [0.1, 0.15) is 6.07 Å². The smallest absolute Gasteiger partial charge is 0.413 e. The number of nitrogens with zero attached hydrogens (tertiary/aromatic N) is 1. The van der Waals surface area contributed by atoms with Gasteiger partial charge in [-0.1, -0.05) is 24.6 Å². The number of ether oxygens (including phenoxy) is 1. The monoisotopic (exact) mass is 244 g/mol. The van der Waals surface area contributed by atoms with Crippen molar-refractivity contribution in [3.8, 4) is 6.07 Å². The molecule has 4 heteroatoms. The Morgan fingerprint density at radius 2 is 1.89 bits per heavy atom. The van der Waals surface area contributed by atoms with Gasteiger partial charge in [0.2, 0.25) is 0 Å². The van der Waals surface area contributed by atoms with E-state index in [0.717, 1.165) is 19.3 Å². The van der Waals surface area contributed by atoms with Gasteiger partial charge in [-0.25, -0.2) is 4.79 Å². The van der Waals surface area contributed by atoms with Crippen molar-refractivity contribution in [1.29, 1.82) is 5.26 Å². The van der Waals surface area contributed by atoms with Crippen molar-refractivity contribution in [3.63, 3.8) is 0 Å². The van der Waals surface area contributed by atoms with Crippen LogP contribution < -0.4 is 5.32 Å². The molecule has 0 heterocycles. The molecule has 0 spiro atoms. The van der Waals surface area contributed by atoms with Crippen molar-refractivity contribution in [2.24, 2.45) is 0 Å². The molecule has 0 radical (unpaired) electrons. The predicted octanol–water partition coefficient (Wildman–Crippen LogP) is 3.46. The van der Waals surface area contributed by atoms with Gasteiger partial charge in [-0.3, -0.25) is 5.32 Å². The van der Waals surface area contributed by atoms with Crippen LogP contribution in [0, 0.1) is 11.3 Å². The Morgan fingerprint density at radius 1 is 1.22 bits per heavy atom. The van der Waals surface area contributed by atoms with Gasteiger partial charge in [0.15, 0.2) is 5.60 Å². The van der Waals surface area contributed by atoms with Crippen LogP contribution >= 0.6 is 0 Å². The van der Waals surface area contributed by atoms with Crippen LogP contribution in [0.2, 0.25) is 0 Å². The van der Waals surface area contributed by atoms with Gasteiger partial charge in [0.25, 0.3) is 0 Å². The average Bonchev–Trinajstić information content (AvgIpc) is 2.41. The van der Waals surface area contributed by atoms with Crippen LogP contribution in [0.1, 0.15) is 32.1 Å². The molecule has 1 aliphatic rings. The zero-order valence-electron chi connectivity index (χ0n) is 10.2. The number of carbonyl (C=O) groups excluding carboxylic acids is 1. The van der Waals surface area contributed by atoms with Crippen LogP contribution in [-0.4, -0.2) is 11.7 Å². The molecule has 1 fully saturated rings. The van der Waals surface area contributed by atoms with Crippen LogP contribution in [0.3, 0.4) is 0 Å². The first-order valence-corrected chi connectivity index (χ1v) is 6.20. The minimum Gasteiger partial charge on any atom is -0.427 e. The van der Waals surface area contributed by atoms with Gasteiger partial charge >= 0.3 is 6.09 Å². The molecule has 0 atom stereocenters. The second-order valence-electron chi connectivity index (χ2n) is 4.55. The van der Waals surface area contributed by atoms with Gasteiger partial charge in [0.05, 0.1) is 0 Å². The lowest BCUT2D eigenvalue weighted by molar-refractivity contribution is 0.0347. The number of nitrogens with one attached hydrogen (secondary N) is 1. The van der Waals surface area contributed by atoms with Crippen LogP contribution in [-0.2, 0) is 4.74 Å². The summed E-state index contributed by atoms with van der Waals surface area (Å²) in [7, 11) is 0. The minimum atomic E-state index is -0.933. The van der Waals surface area contributed by atoms with Crippen LogP contribution in [0.15, 0.2) is 30.3 Å². The summed E-state index contributed by atoms with van der Waals surface area (Å²) < 4.78 is 5.32. The molecule has 18 heavy (non-hydrogen) atoms. The number of rotatable bonds is 2. The molecule has 1 aliphatic carbocycles. The van der Waals surface area contributed by atoms with Crippen molar-refractivity contribution >= 4 is 11.8 Å². The SMILES string of the molecule is N#CC1(OC(=O)Nc2ccccc2)CCCCC1. The second-order valence-corrected chi connectivity index (χ2v) is 4.55. The summed E-state index contributed by atoms with van der Waals surface area (Å²) in [6, 6.07) is 11.2. The zero-order valence-corrected chi connectivity index (χ0v) is 10.2. The first-order chi connectivity index (χ1) is 8.74. The maximum atomic E-state index is 11.8. The molecular weight excluding hydrogens is 228 g/mol. The number of benzene rings is 1. The summed E-state index contributed by atoms with van der Waals surface area (Å²) in [6.07, 6.45) is 3.69. The van der Waals surface area contributed by atoms with Gasteiger partial charge in [-0.15, -0.1) is 0 Å². The van der Waals surface area contributed by atoms with E-state index in [1.54, 1.807) is 12.1 Å². The number of nitriles is 1. The molecule has 0 aromatic heterocycles. The van der Waals surface area contributed by atoms with Gasteiger partial charge in [-0.05, 0) is 25.0 Å².